The average molecular weight is 297 g/mol. The number of aliphatic carboxylic acids is 1. The van der Waals surface area contributed by atoms with Gasteiger partial charge in [0.05, 0.1) is 9.92 Å². The maximum absolute atomic E-state index is 12.1. The van der Waals surface area contributed by atoms with Gasteiger partial charge in [0, 0.05) is 5.02 Å². The molecule has 1 atom stereocenters. The van der Waals surface area contributed by atoms with Crippen molar-refractivity contribution in [2.45, 2.75) is 23.5 Å². The molecule has 1 N–H and O–H groups in total. The van der Waals surface area contributed by atoms with Gasteiger partial charge in [-0.15, -0.1) is 0 Å². The van der Waals surface area contributed by atoms with E-state index in [1.54, 1.807) is 0 Å². The van der Waals surface area contributed by atoms with Crippen molar-refractivity contribution in [2.75, 3.05) is 0 Å². The Balaban J connectivity index is 3.40. The molecule has 0 amide bonds. The minimum Gasteiger partial charge on any atom is -0.480 e. The first kappa shape index (κ1) is 14.3. The Morgan fingerprint density at radius 3 is 2.47 bits per heavy atom. The van der Waals surface area contributed by atoms with E-state index in [4.69, 9.17) is 28.3 Å². The molecule has 0 saturated carbocycles. The third-order valence-electron chi connectivity index (χ3n) is 2.22. The van der Waals surface area contributed by atoms with Crippen LogP contribution in [0.3, 0.4) is 0 Å². The van der Waals surface area contributed by atoms with Gasteiger partial charge in [-0.05, 0) is 24.6 Å². The summed E-state index contributed by atoms with van der Waals surface area (Å²) in [5, 5.41) is 7.51. The fourth-order valence-corrected chi connectivity index (χ4v) is 3.69. The zero-order valence-corrected chi connectivity index (χ0v) is 11.2. The van der Waals surface area contributed by atoms with E-state index in [2.05, 4.69) is 0 Å². The van der Waals surface area contributed by atoms with Crippen molar-refractivity contribution in [1.29, 1.82) is 0 Å². The number of hydrogen-bond donors (Lipinski definition) is 1. The lowest BCUT2D eigenvalue weighted by atomic mass is 10.3. The maximum atomic E-state index is 12.1. The average Bonchev–Trinajstić information content (AvgIpc) is 2.21. The molecule has 17 heavy (non-hydrogen) atoms. The minimum atomic E-state index is -4.02. The van der Waals surface area contributed by atoms with Gasteiger partial charge in [-0.3, -0.25) is 4.79 Å². The fraction of sp³-hybridized carbons (Fsp3) is 0.300. The summed E-state index contributed by atoms with van der Waals surface area (Å²) in [7, 11) is -4.02. The molecule has 1 unspecified atom stereocenters. The number of rotatable bonds is 4. The van der Waals surface area contributed by atoms with E-state index in [-0.39, 0.29) is 21.4 Å². The van der Waals surface area contributed by atoms with Crippen LogP contribution in [0.2, 0.25) is 10.0 Å². The molecule has 1 rings (SSSR count). The van der Waals surface area contributed by atoms with Crippen LogP contribution in [-0.2, 0) is 14.6 Å². The summed E-state index contributed by atoms with van der Waals surface area (Å²) in [5.74, 6) is -1.40. The van der Waals surface area contributed by atoms with Crippen molar-refractivity contribution in [2.24, 2.45) is 0 Å². The molecule has 0 aliphatic carbocycles. The van der Waals surface area contributed by atoms with Crippen LogP contribution in [0.4, 0.5) is 0 Å². The van der Waals surface area contributed by atoms with Gasteiger partial charge in [0.25, 0.3) is 0 Å². The van der Waals surface area contributed by atoms with Crippen molar-refractivity contribution in [3.8, 4) is 0 Å². The van der Waals surface area contributed by atoms with Gasteiger partial charge < -0.3 is 5.11 Å². The van der Waals surface area contributed by atoms with Gasteiger partial charge in [-0.25, -0.2) is 8.42 Å². The lowest BCUT2D eigenvalue weighted by Gasteiger charge is -2.12. The largest absolute Gasteiger partial charge is 0.480 e. The number of benzene rings is 1. The molecule has 0 bridgehead atoms. The zero-order chi connectivity index (χ0) is 13.2. The molecule has 0 aromatic heterocycles. The molecule has 1 aromatic carbocycles. The van der Waals surface area contributed by atoms with Crippen molar-refractivity contribution in [3.05, 3.63) is 28.2 Å². The second-order valence-electron chi connectivity index (χ2n) is 3.35. The molecule has 0 heterocycles. The Hall–Kier alpha value is -0.780. The van der Waals surface area contributed by atoms with Crippen LogP contribution in [0.15, 0.2) is 23.1 Å². The van der Waals surface area contributed by atoms with Crippen molar-refractivity contribution in [1.82, 2.24) is 0 Å². The predicted octanol–water partition coefficient (Wildman–Crippen LogP) is 2.63. The predicted molar refractivity (Wildman–Crippen MR) is 65.4 cm³/mol. The molecule has 94 valence electrons. The molecule has 4 nitrogen and oxygen atoms in total. The van der Waals surface area contributed by atoms with E-state index >= 15 is 0 Å². The fourth-order valence-electron chi connectivity index (χ4n) is 1.38. The standard InChI is InChI=1S/C10H10Cl2O4S/c1-2-8(10(13)14)17(15,16)9-5-6(11)3-4-7(9)12/h3-5,8H,2H2,1H3,(H,13,14). The van der Waals surface area contributed by atoms with Gasteiger partial charge in [0.1, 0.15) is 0 Å². The van der Waals surface area contributed by atoms with Crippen LogP contribution in [0.5, 0.6) is 0 Å². The summed E-state index contributed by atoms with van der Waals surface area (Å²) >= 11 is 11.4. The Bertz CT molecular complexity index is 539. The molecule has 0 aliphatic rings. The summed E-state index contributed by atoms with van der Waals surface area (Å²) in [5.41, 5.74) is 0. The van der Waals surface area contributed by atoms with E-state index in [0.717, 1.165) is 6.07 Å². The molecule has 0 spiro atoms. The summed E-state index contributed by atoms with van der Waals surface area (Å²) < 4.78 is 24.1. The first-order valence-electron chi connectivity index (χ1n) is 4.72. The number of carbonyl (C=O) groups is 1. The summed E-state index contributed by atoms with van der Waals surface area (Å²) in [4.78, 5) is 10.6. The number of sulfone groups is 1. The maximum Gasteiger partial charge on any atom is 0.322 e. The zero-order valence-electron chi connectivity index (χ0n) is 8.85. The highest BCUT2D eigenvalue weighted by Crippen LogP contribution is 2.28. The third-order valence-corrected chi connectivity index (χ3v) is 5.13. The summed E-state index contributed by atoms with van der Waals surface area (Å²) in [6.07, 6.45) is -0.0412. The van der Waals surface area contributed by atoms with Crippen molar-refractivity contribution >= 4 is 39.0 Å². The molecule has 1 aromatic rings. The number of carboxylic acid groups (broad SMARTS) is 1. The van der Waals surface area contributed by atoms with E-state index < -0.39 is 21.1 Å². The second-order valence-corrected chi connectivity index (χ2v) is 6.30. The van der Waals surface area contributed by atoms with E-state index in [1.165, 1.54) is 19.1 Å². The molecular weight excluding hydrogens is 287 g/mol. The molecule has 0 saturated heterocycles. The van der Waals surface area contributed by atoms with Crippen LogP contribution in [0, 0.1) is 0 Å². The second kappa shape index (κ2) is 5.25. The van der Waals surface area contributed by atoms with Gasteiger partial charge in [-0.1, -0.05) is 30.1 Å². The topological polar surface area (TPSA) is 71.4 Å². The first-order valence-corrected chi connectivity index (χ1v) is 7.02. The molecule has 0 fully saturated rings. The van der Waals surface area contributed by atoms with Crippen LogP contribution >= 0.6 is 23.2 Å². The lowest BCUT2D eigenvalue weighted by Crippen LogP contribution is -2.29. The monoisotopic (exact) mass is 296 g/mol. The van der Waals surface area contributed by atoms with E-state index in [1.807, 2.05) is 0 Å². The Labute approximate surface area is 109 Å². The minimum absolute atomic E-state index is 0.0332. The summed E-state index contributed by atoms with van der Waals surface area (Å²) in [6, 6.07) is 3.92. The van der Waals surface area contributed by atoms with Gasteiger partial charge in [0.15, 0.2) is 15.1 Å². The van der Waals surface area contributed by atoms with E-state index in [9.17, 15) is 13.2 Å². The van der Waals surface area contributed by atoms with Crippen LogP contribution in [0.1, 0.15) is 13.3 Å². The molecule has 0 radical (unpaired) electrons. The Kier molecular flexibility index (Phi) is 4.41. The first-order chi connectivity index (χ1) is 7.80. The normalized spacial score (nSPS) is 13.4. The molecule has 7 heteroatoms. The Morgan fingerprint density at radius 2 is 2.00 bits per heavy atom. The molecule has 0 aliphatic heterocycles. The SMILES string of the molecule is CCC(C(=O)O)S(=O)(=O)c1cc(Cl)ccc1Cl. The number of halogens is 2. The number of carboxylic acids is 1. The van der Waals surface area contributed by atoms with Crippen LogP contribution < -0.4 is 0 Å². The van der Waals surface area contributed by atoms with Gasteiger partial charge >= 0.3 is 5.97 Å². The third kappa shape index (κ3) is 2.91. The lowest BCUT2D eigenvalue weighted by molar-refractivity contribution is -0.136. The van der Waals surface area contributed by atoms with Crippen LogP contribution in [-0.4, -0.2) is 24.7 Å². The molecular formula is C10H10Cl2O4S. The highest BCUT2D eigenvalue weighted by atomic mass is 35.5. The highest BCUT2D eigenvalue weighted by Gasteiger charge is 2.33. The van der Waals surface area contributed by atoms with Gasteiger partial charge in [-0.2, -0.15) is 0 Å². The summed E-state index contributed by atoms with van der Waals surface area (Å²) in [6.45, 7) is 1.48. The van der Waals surface area contributed by atoms with Gasteiger partial charge in [0.2, 0.25) is 0 Å². The van der Waals surface area contributed by atoms with Crippen molar-refractivity contribution in [3.63, 3.8) is 0 Å². The van der Waals surface area contributed by atoms with E-state index in [0.29, 0.717) is 0 Å². The quantitative estimate of drug-likeness (QED) is 0.927. The van der Waals surface area contributed by atoms with Crippen LogP contribution in [0.25, 0.3) is 0 Å². The number of hydrogen-bond acceptors (Lipinski definition) is 3. The smallest absolute Gasteiger partial charge is 0.322 e. The van der Waals surface area contributed by atoms with Crippen molar-refractivity contribution < 1.29 is 18.3 Å². The Morgan fingerprint density at radius 1 is 1.41 bits per heavy atom. The highest BCUT2D eigenvalue weighted by molar-refractivity contribution is 7.93.